The van der Waals surface area contributed by atoms with Gasteiger partial charge in [-0.05, 0) is 6.07 Å². The number of aromatic amines is 1. The second kappa shape index (κ2) is 3.75. The third-order valence-corrected chi connectivity index (χ3v) is 2.46. The molecule has 0 fully saturated rings. The van der Waals surface area contributed by atoms with Gasteiger partial charge in [0.15, 0.2) is 0 Å². The summed E-state index contributed by atoms with van der Waals surface area (Å²) in [6.45, 7) is 0. The van der Waals surface area contributed by atoms with Gasteiger partial charge in [0.1, 0.15) is 6.33 Å². The number of aromatic nitrogens is 4. The number of nitrogens with one attached hydrogen (secondary N) is 2. The zero-order chi connectivity index (χ0) is 11.7. The van der Waals surface area contributed by atoms with E-state index in [4.69, 9.17) is 0 Å². The first kappa shape index (κ1) is 9.59. The van der Waals surface area contributed by atoms with E-state index < -0.39 is 0 Å². The highest BCUT2D eigenvalue weighted by atomic mass is 16.2. The fourth-order valence-electron chi connectivity index (χ4n) is 1.63. The molecular formula is C11H9N5O. The Morgan fingerprint density at radius 2 is 2.35 bits per heavy atom. The summed E-state index contributed by atoms with van der Waals surface area (Å²) in [7, 11) is 0. The number of carbonyl (C=O) groups excluding carboxylic acids is 1. The highest BCUT2D eigenvalue weighted by Crippen LogP contribution is 2.20. The maximum atomic E-state index is 11.8. The van der Waals surface area contributed by atoms with Crippen molar-refractivity contribution in [1.82, 2.24) is 19.7 Å². The van der Waals surface area contributed by atoms with Crippen LogP contribution in [0.1, 0.15) is 0 Å². The summed E-state index contributed by atoms with van der Waals surface area (Å²) in [5, 5.41) is 10.5. The Morgan fingerprint density at radius 1 is 1.41 bits per heavy atom. The van der Waals surface area contributed by atoms with Gasteiger partial charge in [0.25, 0.3) is 0 Å². The topological polar surface area (TPSA) is 75.6 Å². The van der Waals surface area contributed by atoms with E-state index in [1.807, 2.05) is 18.2 Å². The number of H-pyrrole nitrogens is 1. The van der Waals surface area contributed by atoms with Crippen LogP contribution in [0.15, 0.2) is 43.1 Å². The number of hydrogen-bond donors (Lipinski definition) is 2. The number of hydrogen-bond acceptors (Lipinski definition) is 3. The minimum atomic E-state index is -0.260. The van der Waals surface area contributed by atoms with Crippen molar-refractivity contribution >= 4 is 22.6 Å². The predicted molar refractivity (Wildman–Crippen MR) is 62.7 cm³/mol. The second-order valence-electron chi connectivity index (χ2n) is 3.54. The lowest BCUT2D eigenvalue weighted by Gasteiger charge is -2.05. The number of carbonyl (C=O) groups is 1. The maximum Gasteiger partial charge on any atom is 0.331 e. The first-order chi connectivity index (χ1) is 8.34. The Bertz CT molecular complexity index is 655. The molecule has 0 saturated heterocycles. The summed E-state index contributed by atoms with van der Waals surface area (Å²) < 4.78 is 1.37. The molecule has 6 heteroatoms. The molecule has 0 unspecified atom stereocenters. The zero-order valence-electron chi connectivity index (χ0n) is 8.79. The van der Waals surface area contributed by atoms with Gasteiger partial charge in [-0.25, -0.2) is 9.78 Å². The summed E-state index contributed by atoms with van der Waals surface area (Å²) in [4.78, 5) is 15.6. The number of nitrogens with zero attached hydrogens (tertiary/aromatic N) is 3. The molecule has 0 atom stereocenters. The highest BCUT2D eigenvalue weighted by Gasteiger charge is 2.07. The quantitative estimate of drug-likeness (QED) is 0.666. The van der Waals surface area contributed by atoms with E-state index in [0.29, 0.717) is 5.69 Å². The number of imidazole rings is 1. The molecule has 0 aliphatic carbocycles. The molecule has 84 valence electrons. The summed E-state index contributed by atoms with van der Waals surface area (Å²) >= 11 is 0. The molecule has 3 aromatic rings. The minimum Gasteiger partial charge on any atom is -0.305 e. The Kier molecular flexibility index (Phi) is 2.11. The van der Waals surface area contributed by atoms with Crippen LogP contribution in [0, 0.1) is 0 Å². The van der Waals surface area contributed by atoms with E-state index in [1.54, 1.807) is 18.6 Å². The first-order valence-corrected chi connectivity index (χ1v) is 5.06. The van der Waals surface area contributed by atoms with E-state index in [1.165, 1.54) is 10.9 Å². The van der Waals surface area contributed by atoms with Crippen LogP contribution in [0.5, 0.6) is 0 Å². The average molecular weight is 227 g/mol. The van der Waals surface area contributed by atoms with Gasteiger partial charge in [-0.15, -0.1) is 0 Å². The fourth-order valence-corrected chi connectivity index (χ4v) is 1.63. The van der Waals surface area contributed by atoms with E-state index in [9.17, 15) is 4.79 Å². The predicted octanol–water partition coefficient (Wildman–Crippen LogP) is 1.84. The molecule has 0 bridgehead atoms. The van der Waals surface area contributed by atoms with Crippen molar-refractivity contribution in [3.8, 4) is 0 Å². The molecule has 1 amide bonds. The van der Waals surface area contributed by atoms with Crippen LogP contribution in [0.2, 0.25) is 0 Å². The molecule has 2 heterocycles. The zero-order valence-corrected chi connectivity index (χ0v) is 8.79. The van der Waals surface area contributed by atoms with Gasteiger partial charge in [-0.1, -0.05) is 12.1 Å². The number of benzene rings is 1. The smallest absolute Gasteiger partial charge is 0.305 e. The van der Waals surface area contributed by atoms with Gasteiger partial charge in [-0.3, -0.25) is 9.67 Å². The van der Waals surface area contributed by atoms with E-state index >= 15 is 0 Å². The van der Waals surface area contributed by atoms with E-state index in [2.05, 4.69) is 20.5 Å². The summed E-state index contributed by atoms with van der Waals surface area (Å²) in [6, 6.07) is 5.34. The Labute approximate surface area is 96.3 Å². The Morgan fingerprint density at radius 3 is 3.18 bits per heavy atom. The number of anilines is 1. The molecule has 6 nitrogen and oxygen atoms in total. The summed E-state index contributed by atoms with van der Waals surface area (Å²) in [6.07, 6.45) is 6.30. The normalized spacial score (nSPS) is 10.6. The largest absolute Gasteiger partial charge is 0.331 e. The molecule has 0 saturated carbocycles. The number of para-hydroxylation sites is 1. The maximum absolute atomic E-state index is 11.8. The van der Waals surface area contributed by atoms with Gasteiger partial charge in [0.2, 0.25) is 0 Å². The minimum absolute atomic E-state index is 0.260. The second-order valence-corrected chi connectivity index (χ2v) is 3.54. The van der Waals surface area contributed by atoms with Crippen molar-refractivity contribution < 1.29 is 4.79 Å². The molecule has 0 spiro atoms. The lowest BCUT2D eigenvalue weighted by molar-refractivity contribution is 0.253. The highest BCUT2D eigenvalue weighted by molar-refractivity contribution is 6.00. The third kappa shape index (κ3) is 1.65. The van der Waals surface area contributed by atoms with E-state index in [0.717, 1.165) is 10.9 Å². The van der Waals surface area contributed by atoms with Gasteiger partial charge >= 0.3 is 6.03 Å². The lowest BCUT2D eigenvalue weighted by atomic mass is 10.2. The van der Waals surface area contributed by atoms with Crippen molar-refractivity contribution in [2.75, 3.05) is 5.32 Å². The van der Waals surface area contributed by atoms with Crippen molar-refractivity contribution in [3.63, 3.8) is 0 Å². The molecule has 1 aromatic carbocycles. The van der Waals surface area contributed by atoms with Crippen LogP contribution in [0.4, 0.5) is 10.5 Å². The fraction of sp³-hybridized carbons (Fsp3) is 0. The molecule has 0 aliphatic rings. The molecule has 0 aliphatic heterocycles. The van der Waals surface area contributed by atoms with Crippen molar-refractivity contribution in [3.05, 3.63) is 43.1 Å². The first-order valence-electron chi connectivity index (χ1n) is 5.06. The molecule has 2 N–H and O–H groups in total. The van der Waals surface area contributed by atoms with Gasteiger partial charge in [-0.2, -0.15) is 5.10 Å². The Hall–Kier alpha value is -2.63. The van der Waals surface area contributed by atoms with Crippen LogP contribution >= 0.6 is 0 Å². The monoisotopic (exact) mass is 227 g/mol. The van der Waals surface area contributed by atoms with Crippen LogP contribution in [-0.2, 0) is 0 Å². The number of rotatable bonds is 1. The molecule has 0 radical (unpaired) electrons. The third-order valence-electron chi connectivity index (χ3n) is 2.46. The molecule has 17 heavy (non-hydrogen) atoms. The molecular weight excluding hydrogens is 218 g/mol. The van der Waals surface area contributed by atoms with Crippen LogP contribution in [0.25, 0.3) is 10.9 Å². The number of amides is 1. The van der Waals surface area contributed by atoms with E-state index in [-0.39, 0.29) is 6.03 Å². The standard InChI is InChI=1S/C11H9N5O/c17-11(16-5-4-12-7-16)14-9-3-1-2-8-6-13-15-10(8)9/h1-7H,(H,13,15)(H,14,17). The van der Waals surface area contributed by atoms with Crippen molar-refractivity contribution in [2.24, 2.45) is 0 Å². The van der Waals surface area contributed by atoms with Crippen LogP contribution in [0.3, 0.4) is 0 Å². The SMILES string of the molecule is O=C(Nc1cccc2cn[nH]c12)n1ccnc1. The lowest BCUT2D eigenvalue weighted by Crippen LogP contribution is -2.17. The van der Waals surface area contributed by atoms with Crippen LogP contribution in [-0.4, -0.2) is 25.8 Å². The van der Waals surface area contributed by atoms with Crippen LogP contribution < -0.4 is 5.32 Å². The number of fused-ring (bicyclic) bond motifs is 1. The average Bonchev–Trinajstić information content (AvgIpc) is 3.00. The van der Waals surface area contributed by atoms with Gasteiger partial charge < -0.3 is 5.32 Å². The Balaban J connectivity index is 1.95. The summed E-state index contributed by atoms with van der Waals surface area (Å²) in [5.41, 5.74) is 1.50. The summed E-state index contributed by atoms with van der Waals surface area (Å²) in [5.74, 6) is 0. The molecule has 2 aromatic heterocycles. The van der Waals surface area contributed by atoms with Crippen molar-refractivity contribution in [1.29, 1.82) is 0 Å². The molecule has 3 rings (SSSR count). The van der Waals surface area contributed by atoms with Gasteiger partial charge in [0, 0.05) is 17.8 Å². The van der Waals surface area contributed by atoms with Gasteiger partial charge in [0.05, 0.1) is 17.4 Å². The van der Waals surface area contributed by atoms with Crippen molar-refractivity contribution in [2.45, 2.75) is 0 Å².